The Bertz CT molecular complexity index is 1070. The van der Waals surface area contributed by atoms with Crippen molar-refractivity contribution in [3.63, 3.8) is 0 Å². The molecule has 0 bridgehead atoms. The average Bonchev–Trinajstić information content (AvgIpc) is 3.10. The van der Waals surface area contributed by atoms with E-state index in [0.29, 0.717) is 6.61 Å². The molecule has 0 saturated carbocycles. The molecular weight excluding hydrogens is 348 g/mol. The van der Waals surface area contributed by atoms with Crippen LogP contribution in [0.3, 0.4) is 0 Å². The van der Waals surface area contributed by atoms with Crippen molar-refractivity contribution in [3.8, 4) is 22.9 Å². The molecule has 0 aliphatic rings. The van der Waals surface area contributed by atoms with E-state index in [2.05, 4.69) is 54.0 Å². The van der Waals surface area contributed by atoms with Gasteiger partial charge in [-0.1, -0.05) is 48.0 Å². The van der Waals surface area contributed by atoms with Crippen LogP contribution in [-0.2, 0) is 6.54 Å². The first-order chi connectivity index (χ1) is 13.7. The number of rotatable bonds is 7. The van der Waals surface area contributed by atoms with E-state index in [1.807, 2.05) is 30.3 Å². The number of imidazole rings is 1. The van der Waals surface area contributed by atoms with Crippen molar-refractivity contribution in [2.75, 3.05) is 13.7 Å². The van der Waals surface area contributed by atoms with Crippen molar-refractivity contribution in [1.29, 1.82) is 0 Å². The number of methoxy groups -OCH3 is 1. The first-order valence-electron chi connectivity index (χ1n) is 9.54. The average molecular weight is 372 g/mol. The summed E-state index contributed by atoms with van der Waals surface area (Å²) in [6.45, 7) is 3.57. The van der Waals surface area contributed by atoms with Crippen LogP contribution < -0.4 is 9.47 Å². The van der Waals surface area contributed by atoms with Gasteiger partial charge in [0.05, 0.1) is 24.8 Å². The van der Waals surface area contributed by atoms with Crippen LogP contribution in [0, 0.1) is 6.92 Å². The molecule has 0 aliphatic heterocycles. The van der Waals surface area contributed by atoms with Crippen molar-refractivity contribution in [2.45, 2.75) is 19.9 Å². The van der Waals surface area contributed by atoms with Gasteiger partial charge in [0.1, 0.15) is 17.3 Å². The Kier molecular flexibility index (Phi) is 5.29. The summed E-state index contributed by atoms with van der Waals surface area (Å²) < 4.78 is 13.4. The molecule has 0 N–H and O–H groups in total. The largest absolute Gasteiger partial charge is 0.497 e. The molecule has 0 unspecified atom stereocenters. The molecule has 3 aromatic carbocycles. The second-order valence-electron chi connectivity index (χ2n) is 6.82. The Hall–Kier alpha value is -3.27. The maximum absolute atomic E-state index is 5.91. The minimum atomic E-state index is 0.632. The van der Waals surface area contributed by atoms with Crippen molar-refractivity contribution in [2.24, 2.45) is 0 Å². The number of ether oxygens (including phenoxy) is 2. The third-order valence-electron chi connectivity index (χ3n) is 4.80. The number of para-hydroxylation sites is 2. The molecule has 4 aromatic rings. The fraction of sp³-hybridized carbons (Fsp3) is 0.208. The van der Waals surface area contributed by atoms with Gasteiger partial charge < -0.3 is 14.0 Å². The molecule has 1 heterocycles. The van der Waals surface area contributed by atoms with Gasteiger partial charge in [0.15, 0.2) is 0 Å². The van der Waals surface area contributed by atoms with E-state index in [4.69, 9.17) is 14.5 Å². The summed E-state index contributed by atoms with van der Waals surface area (Å²) in [5.74, 6) is 2.64. The van der Waals surface area contributed by atoms with Crippen LogP contribution in [0.4, 0.5) is 0 Å². The molecular formula is C24H24N2O2. The van der Waals surface area contributed by atoms with Crippen LogP contribution in [0.25, 0.3) is 22.4 Å². The Morgan fingerprint density at radius 3 is 2.50 bits per heavy atom. The molecule has 4 nitrogen and oxygen atoms in total. The normalized spacial score (nSPS) is 10.9. The van der Waals surface area contributed by atoms with Gasteiger partial charge in [0.2, 0.25) is 0 Å². The van der Waals surface area contributed by atoms with E-state index in [1.54, 1.807) is 7.11 Å². The summed E-state index contributed by atoms with van der Waals surface area (Å²) in [6, 6.07) is 24.5. The summed E-state index contributed by atoms with van der Waals surface area (Å²) >= 11 is 0. The first-order valence-corrected chi connectivity index (χ1v) is 9.54. The molecule has 1 aromatic heterocycles. The Morgan fingerprint density at radius 1 is 0.893 bits per heavy atom. The van der Waals surface area contributed by atoms with E-state index >= 15 is 0 Å². The van der Waals surface area contributed by atoms with Gasteiger partial charge in [-0.25, -0.2) is 4.98 Å². The monoisotopic (exact) mass is 372 g/mol. The lowest BCUT2D eigenvalue weighted by atomic mass is 10.1. The first kappa shape index (κ1) is 18.1. The standard InChI is InChI=1S/C24H24N2O2/c1-18-11-13-19(14-12-18)24-25-22-9-3-4-10-23(22)26(24)15-6-16-28-21-8-5-7-20(17-21)27-2/h3-5,7-14,17H,6,15-16H2,1-2H3. The fourth-order valence-electron chi connectivity index (χ4n) is 3.33. The smallest absolute Gasteiger partial charge is 0.141 e. The van der Waals surface area contributed by atoms with Gasteiger partial charge in [-0.15, -0.1) is 0 Å². The van der Waals surface area contributed by atoms with Crippen LogP contribution in [-0.4, -0.2) is 23.3 Å². The third-order valence-corrected chi connectivity index (χ3v) is 4.80. The highest BCUT2D eigenvalue weighted by Crippen LogP contribution is 2.26. The van der Waals surface area contributed by atoms with Gasteiger partial charge in [0.25, 0.3) is 0 Å². The predicted octanol–water partition coefficient (Wildman–Crippen LogP) is 5.49. The lowest BCUT2D eigenvalue weighted by molar-refractivity contribution is 0.300. The number of hydrogen-bond donors (Lipinski definition) is 0. The van der Waals surface area contributed by atoms with Crippen LogP contribution in [0.15, 0.2) is 72.8 Å². The fourth-order valence-corrected chi connectivity index (χ4v) is 3.33. The number of hydrogen-bond acceptors (Lipinski definition) is 3. The summed E-state index contributed by atoms with van der Waals surface area (Å²) in [5.41, 5.74) is 4.56. The molecule has 4 rings (SSSR count). The highest BCUT2D eigenvalue weighted by molar-refractivity contribution is 5.80. The van der Waals surface area contributed by atoms with Crippen molar-refractivity contribution < 1.29 is 9.47 Å². The molecule has 0 fully saturated rings. The number of fused-ring (bicyclic) bond motifs is 1. The molecule has 0 spiro atoms. The number of aryl methyl sites for hydroxylation is 2. The zero-order chi connectivity index (χ0) is 19.3. The molecule has 0 saturated heterocycles. The van der Waals surface area contributed by atoms with E-state index in [1.165, 1.54) is 5.56 Å². The quantitative estimate of drug-likeness (QED) is 0.403. The Morgan fingerprint density at radius 2 is 1.68 bits per heavy atom. The van der Waals surface area contributed by atoms with Gasteiger partial charge in [-0.05, 0) is 37.6 Å². The number of nitrogens with zero attached hydrogens (tertiary/aromatic N) is 2. The summed E-state index contributed by atoms with van der Waals surface area (Å²) in [5, 5.41) is 0. The maximum Gasteiger partial charge on any atom is 0.141 e. The zero-order valence-electron chi connectivity index (χ0n) is 16.3. The lowest BCUT2D eigenvalue weighted by Gasteiger charge is -2.11. The third kappa shape index (κ3) is 3.86. The summed E-state index contributed by atoms with van der Waals surface area (Å²) in [4.78, 5) is 4.88. The molecule has 0 amide bonds. The summed E-state index contributed by atoms with van der Waals surface area (Å²) in [6.07, 6.45) is 0.885. The Balaban J connectivity index is 1.52. The van der Waals surface area contributed by atoms with Crippen LogP contribution in [0.5, 0.6) is 11.5 Å². The second-order valence-corrected chi connectivity index (χ2v) is 6.82. The zero-order valence-corrected chi connectivity index (χ0v) is 16.3. The molecule has 28 heavy (non-hydrogen) atoms. The SMILES string of the molecule is COc1cccc(OCCCn2c(-c3ccc(C)cc3)nc3ccccc32)c1. The number of benzene rings is 3. The van der Waals surface area contributed by atoms with Gasteiger partial charge >= 0.3 is 0 Å². The van der Waals surface area contributed by atoms with E-state index in [9.17, 15) is 0 Å². The molecule has 0 atom stereocenters. The lowest BCUT2D eigenvalue weighted by Crippen LogP contribution is -2.06. The van der Waals surface area contributed by atoms with E-state index in [0.717, 1.165) is 46.9 Å². The highest BCUT2D eigenvalue weighted by atomic mass is 16.5. The predicted molar refractivity (Wildman–Crippen MR) is 113 cm³/mol. The number of aromatic nitrogens is 2. The van der Waals surface area contributed by atoms with E-state index < -0.39 is 0 Å². The molecule has 0 radical (unpaired) electrons. The van der Waals surface area contributed by atoms with Crippen molar-refractivity contribution >= 4 is 11.0 Å². The van der Waals surface area contributed by atoms with E-state index in [-0.39, 0.29) is 0 Å². The van der Waals surface area contributed by atoms with Crippen molar-refractivity contribution in [1.82, 2.24) is 9.55 Å². The van der Waals surface area contributed by atoms with Crippen LogP contribution >= 0.6 is 0 Å². The van der Waals surface area contributed by atoms with Gasteiger partial charge in [-0.3, -0.25) is 0 Å². The summed E-state index contributed by atoms with van der Waals surface area (Å²) in [7, 11) is 1.66. The molecule has 4 heteroatoms. The van der Waals surface area contributed by atoms with Gasteiger partial charge in [0, 0.05) is 18.2 Å². The minimum absolute atomic E-state index is 0.632. The topological polar surface area (TPSA) is 36.3 Å². The highest BCUT2D eigenvalue weighted by Gasteiger charge is 2.12. The minimum Gasteiger partial charge on any atom is -0.497 e. The molecule has 142 valence electrons. The second kappa shape index (κ2) is 8.17. The molecule has 0 aliphatic carbocycles. The van der Waals surface area contributed by atoms with Crippen LogP contribution in [0.2, 0.25) is 0 Å². The maximum atomic E-state index is 5.91. The van der Waals surface area contributed by atoms with Crippen molar-refractivity contribution in [3.05, 3.63) is 78.4 Å². The van der Waals surface area contributed by atoms with Gasteiger partial charge in [-0.2, -0.15) is 0 Å². The van der Waals surface area contributed by atoms with Crippen LogP contribution in [0.1, 0.15) is 12.0 Å². The Labute approximate surface area is 165 Å².